The van der Waals surface area contributed by atoms with Crippen molar-refractivity contribution in [3.8, 4) is 5.75 Å². The molecule has 0 saturated carbocycles. The second kappa shape index (κ2) is 13.1. The molecule has 1 atom stereocenters. The first-order valence-electron chi connectivity index (χ1n) is 13.5. The maximum atomic E-state index is 12.2. The van der Waals surface area contributed by atoms with E-state index in [0.717, 1.165) is 50.1 Å². The molecule has 6 heteroatoms. The second-order valence-electron chi connectivity index (χ2n) is 10.4. The Morgan fingerprint density at radius 1 is 1.00 bits per heavy atom. The van der Waals surface area contributed by atoms with Gasteiger partial charge in [0.25, 0.3) is 0 Å². The highest BCUT2D eigenvalue weighted by Crippen LogP contribution is 2.32. The van der Waals surface area contributed by atoms with Crippen molar-refractivity contribution < 1.29 is 14.3 Å². The summed E-state index contributed by atoms with van der Waals surface area (Å²) in [7, 11) is 0. The molecule has 5 nitrogen and oxygen atoms in total. The zero-order valence-corrected chi connectivity index (χ0v) is 23.2. The van der Waals surface area contributed by atoms with E-state index >= 15 is 0 Å². The topological polar surface area (TPSA) is 58.6 Å². The summed E-state index contributed by atoms with van der Waals surface area (Å²) in [6.07, 6.45) is 2.75. The van der Waals surface area contributed by atoms with Crippen LogP contribution in [-0.4, -0.2) is 36.2 Å². The number of rotatable bonds is 10. The average Bonchev–Trinajstić information content (AvgIpc) is 2.92. The van der Waals surface area contributed by atoms with Crippen LogP contribution in [0.5, 0.6) is 5.75 Å². The van der Waals surface area contributed by atoms with Crippen LogP contribution >= 0.6 is 11.6 Å². The van der Waals surface area contributed by atoms with Gasteiger partial charge in [-0.3, -0.25) is 9.59 Å². The van der Waals surface area contributed by atoms with Crippen molar-refractivity contribution in [2.24, 2.45) is 5.92 Å². The Balaban J connectivity index is 1.38. The Kier molecular flexibility index (Phi) is 9.59. The van der Waals surface area contributed by atoms with Crippen LogP contribution in [0.1, 0.15) is 73.5 Å². The highest BCUT2D eigenvalue weighted by molar-refractivity contribution is 6.30. The molecule has 1 aliphatic rings. The van der Waals surface area contributed by atoms with E-state index in [2.05, 4.69) is 22.3 Å². The van der Waals surface area contributed by atoms with Gasteiger partial charge >= 0.3 is 0 Å². The smallest absolute Gasteiger partial charge is 0.226 e. The van der Waals surface area contributed by atoms with E-state index in [1.165, 1.54) is 5.56 Å². The molecule has 4 rings (SSSR count). The number of likely N-dealkylation sites (tertiary alicyclic amines) is 1. The molecule has 0 aliphatic carbocycles. The van der Waals surface area contributed by atoms with Gasteiger partial charge in [0, 0.05) is 29.6 Å². The fourth-order valence-corrected chi connectivity index (χ4v) is 5.06. The average molecular weight is 533 g/mol. The van der Waals surface area contributed by atoms with Crippen LogP contribution in [0.25, 0.3) is 0 Å². The molecule has 1 amide bonds. The molecular weight excluding hydrogens is 496 g/mol. The Morgan fingerprint density at radius 2 is 1.71 bits per heavy atom. The molecule has 1 aliphatic heterocycles. The van der Waals surface area contributed by atoms with Crippen molar-refractivity contribution in [3.05, 3.63) is 94.5 Å². The maximum Gasteiger partial charge on any atom is 0.226 e. The molecule has 0 radical (unpaired) electrons. The van der Waals surface area contributed by atoms with E-state index < -0.39 is 0 Å². The summed E-state index contributed by atoms with van der Waals surface area (Å²) >= 11 is 6.14. The number of ketones is 1. The minimum absolute atomic E-state index is 0.00892. The summed E-state index contributed by atoms with van der Waals surface area (Å²) in [5.74, 6) is 1.08. The van der Waals surface area contributed by atoms with Crippen molar-refractivity contribution in [2.45, 2.75) is 52.1 Å². The third-order valence-electron chi connectivity index (χ3n) is 7.22. The molecule has 200 valence electrons. The normalized spacial score (nSPS) is 15.3. The lowest BCUT2D eigenvalue weighted by Crippen LogP contribution is -2.34. The number of hydrogen-bond acceptors (Lipinski definition) is 4. The molecule has 1 unspecified atom stereocenters. The van der Waals surface area contributed by atoms with Crippen LogP contribution in [0.2, 0.25) is 5.02 Å². The third kappa shape index (κ3) is 7.46. The van der Waals surface area contributed by atoms with Gasteiger partial charge in [-0.1, -0.05) is 61.8 Å². The Morgan fingerprint density at radius 3 is 2.39 bits per heavy atom. The zero-order valence-electron chi connectivity index (χ0n) is 22.5. The summed E-state index contributed by atoms with van der Waals surface area (Å²) in [6, 6.07) is 23.5. The van der Waals surface area contributed by atoms with E-state index in [1.807, 2.05) is 74.5 Å². The van der Waals surface area contributed by atoms with Crippen LogP contribution in [0.4, 0.5) is 5.69 Å². The Bertz CT molecular complexity index is 1230. The van der Waals surface area contributed by atoms with E-state index in [1.54, 1.807) is 6.92 Å². The van der Waals surface area contributed by atoms with Crippen LogP contribution in [0.3, 0.4) is 0 Å². The number of piperidine rings is 1. The third-order valence-corrected chi connectivity index (χ3v) is 7.47. The van der Waals surface area contributed by atoms with Gasteiger partial charge in [0.2, 0.25) is 5.91 Å². The fourth-order valence-electron chi connectivity index (χ4n) is 4.93. The second-order valence-corrected chi connectivity index (χ2v) is 10.8. The van der Waals surface area contributed by atoms with Gasteiger partial charge in [0.15, 0.2) is 5.78 Å². The van der Waals surface area contributed by atoms with Gasteiger partial charge in [-0.2, -0.15) is 0 Å². The zero-order chi connectivity index (χ0) is 27.1. The van der Waals surface area contributed by atoms with Gasteiger partial charge in [0.1, 0.15) is 11.9 Å². The number of hydrogen-bond donors (Lipinski definition) is 1. The largest absolute Gasteiger partial charge is 0.485 e. The molecule has 38 heavy (non-hydrogen) atoms. The van der Waals surface area contributed by atoms with E-state index in [-0.39, 0.29) is 23.7 Å². The van der Waals surface area contributed by atoms with Crippen LogP contribution in [-0.2, 0) is 4.79 Å². The number of halogens is 1. The Labute approximate surface area is 231 Å². The van der Waals surface area contributed by atoms with Crippen LogP contribution < -0.4 is 10.1 Å². The molecule has 3 aromatic carbocycles. The number of benzene rings is 3. The van der Waals surface area contributed by atoms with E-state index in [0.29, 0.717) is 22.3 Å². The number of nitrogens with zero attached hydrogens (tertiary/aromatic N) is 1. The van der Waals surface area contributed by atoms with Crippen molar-refractivity contribution in [2.75, 3.05) is 25.0 Å². The predicted octanol–water partition coefficient (Wildman–Crippen LogP) is 7.53. The summed E-state index contributed by atoms with van der Waals surface area (Å²) in [5, 5.41) is 3.71. The standard InChI is InChI=1S/C32H37ClN2O3/c1-22(2)32(37)34-28-8-6-7-26(21-28)24-15-18-35(19-16-24)20-17-30(25-11-13-27(33)14-12-25)38-31-10-5-4-9-29(31)23(3)36/h4-14,21-22,24,30H,15-20H2,1-3H3,(H,34,37). The lowest BCUT2D eigenvalue weighted by molar-refractivity contribution is -0.118. The molecule has 0 spiro atoms. The lowest BCUT2D eigenvalue weighted by atomic mass is 9.89. The summed E-state index contributed by atoms with van der Waals surface area (Å²) in [5.41, 5.74) is 3.80. The first kappa shape index (κ1) is 27.9. The minimum atomic E-state index is -0.188. The number of nitrogens with one attached hydrogen (secondary N) is 1. The van der Waals surface area contributed by atoms with Crippen molar-refractivity contribution in [1.82, 2.24) is 4.90 Å². The first-order chi connectivity index (χ1) is 18.3. The van der Waals surface area contributed by atoms with Crippen LogP contribution in [0, 0.1) is 5.92 Å². The number of Topliss-reactive ketones (excluding diaryl/α,β-unsaturated/α-hetero) is 1. The van der Waals surface area contributed by atoms with Gasteiger partial charge < -0.3 is 15.0 Å². The molecule has 1 saturated heterocycles. The highest BCUT2D eigenvalue weighted by atomic mass is 35.5. The summed E-state index contributed by atoms with van der Waals surface area (Å²) < 4.78 is 6.45. The summed E-state index contributed by atoms with van der Waals surface area (Å²) in [4.78, 5) is 26.8. The molecular formula is C32H37ClN2O3. The predicted molar refractivity (Wildman–Crippen MR) is 154 cm³/mol. The van der Waals surface area contributed by atoms with Gasteiger partial charge in [-0.15, -0.1) is 0 Å². The Hall–Kier alpha value is -3.15. The minimum Gasteiger partial charge on any atom is -0.485 e. The molecule has 1 N–H and O–H groups in total. The molecule has 1 fully saturated rings. The van der Waals surface area contributed by atoms with Crippen molar-refractivity contribution >= 4 is 29.0 Å². The van der Waals surface area contributed by atoms with E-state index in [4.69, 9.17) is 16.3 Å². The summed E-state index contributed by atoms with van der Waals surface area (Å²) in [6.45, 7) is 8.28. The molecule has 1 heterocycles. The lowest BCUT2D eigenvalue weighted by Gasteiger charge is -2.33. The number of ether oxygens (including phenoxy) is 1. The van der Waals surface area contributed by atoms with Crippen molar-refractivity contribution in [1.29, 1.82) is 0 Å². The fraction of sp³-hybridized carbons (Fsp3) is 0.375. The molecule has 3 aromatic rings. The highest BCUT2D eigenvalue weighted by Gasteiger charge is 2.23. The van der Waals surface area contributed by atoms with Gasteiger partial charge in [-0.25, -0.2) is 0 Å². The quantitative estimate of drug-likeness (QED) is 0.274. The monoisotopic (exact) mass is 532 g/mol. The van der Waals surface area contributed by atoms with Crippen LogP contribution in [0.15, 0.2) is 72.8 Å². The molecule has 0 aromatic heterocycles. The molecule has 0 bridgehead atoms. The van der Waals surface area contributed by atoms with Crippen molar-refractivity contribution in [3.63, 3.8) is 0 Å². The number of para-hydroxylation sites is 1. The van der Waals surface area contributed by atoms with Gasteiger partial charge in [0.05, 0.1) is 5.56 Å². The number of amides is 1. The number of anilines is 1. The number of carbonyl (C=O) groups excluding carboxylic acids is 2. The SMILES string of the molecule is CC(=O)c1ccccc1OC(CCN1CCC(c2cccc(NC(=O)C(C)C)c2)CC1)c1ccc(Cl)cc1. The number of carbonyl (C=O) groups is 2. The first-order valence-corrected chi connectivity index (χ1v) is 13.8. The van der Waals surface area contributed by atoms with Gasteiger partial charge in [-0.05, 0) is 86.3 Å². The maximum absolute atomic E-state index is 12.2. The van der Waals surface area contributed by atoms with E-state index in [9.17, 15) is 9.59 Å².